The smallest absolute Gasteiger partial charge is 0.260 e. The van der Waals surface area contributed by atoms with Crippen molar-refractivity contribution < 1.29 is 23.8 Å². The van der Waals surface area contributed by atoms with Crippen LogP contribution in [0.2, 0.25) is 5.02 Å². The number of ether oxygens (including phenoxy) is 2. The van der Waals surface area contributed by atoms with E-state index in [0.717, 1.165) is 48.2 Å². The minimum Gasteiger partial charge on any atom is -0.484 e. The molecule has 0 saturated carbocycles. The summed E-state index contributed by atoms with van der Waals surface area (Å²) in [5, 5.41) is 10.9. The highest BCUT2D eigenvalue weighted by Crippen LogP contribution is 2.39. The van der Waals surface area contributed by atoms with Crippen LogP contribution in [0.1, 0.15) is 22.9 Å². The van der Waals surface area contributed by atoms with Gasteiger partial charge in [-0.3, -0.25) is 14.6 Å². The molecule has 1 fully saturated rings. The summed E-state index contributed by atoms with van der Waals surface area (Å²) in [4.78, 5) is 22.6. The summed E-state index contributed by atoms with van der Waals surface area (Å²) in [6, 6.07) is 19.7. The van der Waals surface area contributed by atoms with Crippen molar-refractivity contribution in [2.75, 3.05) is 59.2 Å². The Kier molecular flexibility index (Phi) is 8.62. The number of rotatable bonds is 9. The van der Waals surface area contributed by atoms with Gasteiger partial charge >= 0.3 is 0 Å². The van der Waals surface area contributed by atoms with Crippen molar-refractivity contribution in [3.8, 4) is 11.5 Å². The van der Waals surface area contributed by atoms with Crippen LogP contribution in [0.5, 0.6) is 11.5 Å². The maximum Gasteiger partial charge on any atom is 0.260 e. The molecule has 3 heterocycles. The van der Waals surface area contributed by atoms with Gasteiger partial charge in [0.05, 0.1) is 12.6 Å². The first-order valence-electron chi connectivity index (χ1n) is 14.2. The Bertz CT molecular complexity index is 1520. The first-order chi connectivity index (χ1) is 20.5. The first-order valence-corrected chi connectivity index (χ1v) is 14.6. The van der Waals surface area contributed by atoms with E-state index in [0.29, 0.717) is 42.9 Å². The number of amides is 1. The number of fused-ring (bicyclic) bond motifs is 3. The quantitative estimate of drug-likeness (QED) is 0.299. The monoisotopic (exact) mass is 592 g/mol. The number of halogens is 2. The van der Waals surface area contributed by atoms with Gasteiger partial charge in [0.1, 0.15) is 24.0 Å². The van der Waals surface area contributed by atoms with E-state index in [1.54, 1.807) is 12.1 Å². The second-order valence-electron chi connectivity index (χ2n) is 10.7. The van der Waals surface area contributed by atoms with Gasteiger partial charge in [-0.05, 0) is 72.1 Å². The van der Waals surface area contributed by atoms with Gasteiger partial charge in [0.15, 0.2) is 6.61 Å². The SMILES string of the molecule is O=C(COc1ccc(C2c3[nH]c4ccc(Cl)cc4c3CCN2COc2ccc(F)cc2)cc1)N1CCN(CCO)CC1. The van der Waals surface area contributed by atoms with Crippen molar-refractivity contribution in [3.05, 3.63) is 94.4 Å². The molecule has 1 amide bonds. The van der Waals surface area contributed by atoms with Crippen molar-refractivity contribution in [1.29, 1.82) is 0 Å². The molecular weight excluding hydrogens is 559 g/mol. The number of hydrogen-bond acceptors (Lipinski definition) is 6. The molecule has 1 aromatic heterocycles. The Labute approximate surface area is 249 Å². The Balaban J connectivity index is 1.18. The van der Waals surface area contributed by atoms with Gasteiger partial charge in [-0.1, -0.05) is 23.7 Å². The van der Waals surface area contributed by atoms with Gasteiger partial charge < -0.3 is 24.5 Å². The third kappa shape index (κ3) is 6.24. The summed E-state index contributed by atoms with van der Waals surface area (Å²) in [5.41, 5.74) is 4.41. The zero-order valence-electron chi connectivity index (χ0n) is 23.3. The second-order valence-corrected chi connectivity index (χ2v) is 11.1. The Morgan fingerprint density at radius 3 is 2.40 bits per heavy atom. The number of aliphatic hydroxyl groups is 1. The van der Waals surface area contributed by atoms with E-state index >= 15 is 0 Å². The Morgan fingerprint density at radius 1 is 0.952 bits per heavy atom. The zero-order chi connectivity index (χ0) is 29.1. The molecule has 2 aliphatic heterocycles. The number of aromatic nitrogens is 1. The number of aliphatic hydroxyl groups excluding tert-OH is 1. The molecule has 42 heavy (non-hydrogen) atoms. The first kappa shape index (κ1) is 28.5. The fraction of sp³-hybridized carbons (Fsp3) is 0.344. The minimum atomic E-state index is -0.302. The van der Waals surface area contributed by atoms with Crippen LogP contribution in [0, 0.1) is 5.82 Å². The highest BCUT2D eigenvalue weighted by atomic mass is 35.5. The van der Waals surface area contributed by atoms with Crippen molar-refractivity contribution in [1.82, 2.24) is 19.7 Å². The number of nitrogens with one attached hydrogen (secondary N) is 1. The maximum absolute atomic E-state index is 13.4. The number of nitrogens with zero attached hydrogens (tertiary/aromatic N) is 3. The van der Waals surface area contributed by atoms with E-state index in [-0.39, 0.29) is 31.0 Å². The lowest BCUT2D eigenvalue weighted by molar-refractivity contribution is -0.135. The lowest BCUT2D eigenvalue weighted by atomic mass is 9.93. The van der Waals surface area contributed by atoms with Crippen LogP contribution in [-0.2, 0) is 11.2 Å². The molecule has 2 N–H and O–H groups in total. The second kappa shape index (κ2) is 12.7. The predicted molar refractivity (Wildman–Crippen MR) is 159 cm³/mol. The van der Waals surface area contributed by atoms with Gasteiger partial charge in [0.25, 0.3) is 5.91 Å². The van der Waals surface area contributed by atoms with Crippen molar-refractivity contribution in [3.63, 3.8) is 0 Å². The van der Waals surface area contributed by atoms with Gasteiger partial charge in [-0.15, -0.1) is 0 Å². The van der Waals surface area contributed by atoms with Crippen LogP contribution >= 0.6 is 11.6 Å². The third-order valence-corrected chi connectivity index (χ3v) is 8.33. The predicted octanol–water partition coefficient (Wildman–Crippen LogP) is 4.46. The van der Waals surface area contributed by atoms with Crippen LogP contribution in [0.25, 0.3) is 10.9 Å². The van der Waals surface area contributed by atoms with Crippen LogP contribution in [-0.4, -0.2) is 89.9 Å². The molecule has 2 aliphatic rings. The molecule has 0 radical (unpaired) electrons. The fourth-order valence-corrected chi connectivity index (χ4v) is 6.03. The number of aromatic amines is 1. The summed E-state index contributed by atoms with van der Waals surface area (Å²) in [6.45, 7) is 4.61. The normalized spacial score (nSPS) is 17.8. The minimum absolute atomic E-state index is 0.0205. The summed E-state index contributed by atoms with van der Waals surface area (Å²) >= 11 is 6.34. The molecule has 0 bridgehead atoms. The molecule has 220 valence electrons. The van der Waals surface area contributed by atoms with Crippen LogP contribution in [0.4, 0.5) is 4.39 Å². The van der Waals surface area contributed by atoms with E-state index in [2.05, 4.69) is 14.8 Å². The highest BCUT2D eigenvalue weighted by molar-refractivity contribution is 6.31. The summed E-state index contributed by atoms with van der Waals surface area (Å²) in [6.07, 6.45) is 0.830. The molecular formula is C32H34ClFN4O4. The maximum atomic E-state index is 13.4. The molecule has 1 atom stereocenters. The van der Waals surface area contributed by atoms with Crippen LogP contribution < -0.4 is 9.47 Å². The number of carbonyl (C=O) groups excluding carboxylic acids is 1. The average Bonchev–Trinajstić information content (AvgIpc) is 3.38. The zero-order valence-corrected chi connectivity index (χ0v) is 24.0. The lowest BCUT2D eigenvalue weighted by Crippen LogP contribution is -2.50. The molecule has 10 heteroatoms. The number of benzene rings is 3. The summed E-state index contributed by atoms with van der Waals surface area (Å²) in [5.74, 6) is 0.886. The molecule has 0 spiro atoms. The van der Waals surface area contributed by atoms with E-state index in [9.17, 15) is 9.18 Å². The van der Waals surface area contributed by atoms with Gasteiger partial charge in [0.2, 0.25) is 0 Å². The Morgan fingerprint density at radius 2 is 1.67 bits per heavy atom. The summed E-state index contributed by atoms with van der Waals surface area (Å²) in [7, 11) is 0. The van der Waals surface area contributed by atoms with E-state index < -0.39 is 0 Å². The number of carbonyl (C=O) groups is 1. The van der Waals surface area contributed by atoms with Crippen molar-refractivity contribution in [2.24, 2.45) is 0 Å². The van der Waals surface area contributed by atoms with Gasteiger partial charge in [-0.2, -0.15) is 0 Å². The number of hydrogen-bond donors (Lipinski definition) is 2. The average molecular weight is 593 g/mol. The number of piperazine rings is 1. The molecule has 3 aromatic carbocycles. The largest absolute Gasteiger partial charge is 0.484 e. The number of β-amino-alcohol motifs (C(OH)–C–C–N with tert-alkyl or cyclic N) is 1. The van der Waals surface area contributed by atoms with E-state index in [1.165, 1.54) is 17.7 Å². The fourth-order valence-electron chi connectivity index (χ4n) is 5.86. The molecule has 4 aromatic rings. The van der Waals surface area contributed by atoms with Gasteiger partial charge in [-0.25, -0.2) is 4.39 Å². The summed E-state index contributed by atoms with van der Waals surface area (Å²) < 4.78 is 25.3. The molecule has 0 aliphatic carbocycles. The molecule has 1 unspecified atom stereocenters. The lowest BCUT2D eigenvalue weighted by Gasteiger charge is -2.36. The third-order valence-electron chi connectivity index (χ3n) is 8.10. The van der Waals surface area contributed by atoms with Crippen molar-refractivity contribution in [2.45, 2.75) is 12.5 Å². The topological polar surface area (TPSA) is 81.3 Å². The van der Waals surface area contributed by atoms with E-state index in [1.807, 2.05) is 47.4 Å². The molecule has 6 rings (SSSR count). The Hall–Kier alpha value is -3.63. The molecule has 1 saturated heterocycles. The van der Waals surface area contributed by atoms with Crippen LogP contribution in [0.3, 0.4) is 0 Å². The van der Waals surface area contributed by atoms with E-state index in [4.69, 9.17) is 26.2 Å². The molecule has 8 nitrogen and oxygen atoms in total. The number of H-pyrrole nitrogens is 1. The highest BCUT2D eigenvalue weighted by Gasteiger charge is 2.32. The van der Waals surface area contributed by atoms with Gasteiger partial charge in [0, 0.05) is 60.9 Å². The van der Waals surface area contributed by atoms with Crippen molar-refractivity contribution >= 4 is 28.4 Å². The van der Waals surface area contributed by atoms with Crippen LogP contribution in [0.15, 0.2) is 66.7 Å². The standard InChI is InChI=1S/C32H34ClFN4O4/c33-23-3-10-29-28(19-23)27-11-12-38(21-42-26-8-4-24(34)5-9-26)32(31(27)35-29)22-1-6-25(7-2-22)41-20-30(40)37-15-13-36(14-16-37)17-18-39/h1-10,19,32,35,39H,11-18,20-21H2.